The van der Waals surface area contributed by atoms with Gasteiger partial charge in [0.15, 0.2) is 21.3 Å². The second-order valence-electron chi connectivity index (χ2n) is 4.36. The Labute approximate surface area is 106 Å². The van der Waals surface area contributed by atoms with Crippen LogP contribution < -0.4 is 9.47 Å². The van der Waals surface area contributed by atoms with Gasteiger partial charge in [-0.3, -0.25) is 0 Å². The van der Waals surface area contributed by atoms with E-state index in [4.69, 9.17) is 9.47 Å². The van der Waals surface area contributed by atoms with Crippen LogP contribution in [0.1, 0.15) is 18.4 Å². The fourth-order valence-corrected chi connectivity index (χ4v) is 3.17. The first-order valence-electron chi connectivity index (χ1n) is 5.68. The molecule has 1 aliphatic heterocycles. The topological polar surface area (TPSA) is 72.8 Å². The van der Waals surface area contributed by atoms with Gasteiger partial charge in [-0.2, -0.15) is 0 Å². The average Bonchev–Trinajstić information content (AvgIpc) is 2.35. The normalized spacial score (nSPS) is 16.4. The zero-order valence-electron chi connectivity index (χ0n) is 10.3. The molecule has 0 fully saturated rings. The van der Waals surface area contributed by atoms with E-state index >= 15 is 0 Å². The maximum atomic E-state index is 11.9. The number of benzene rings is 1. The van der Waals surface area contributed by atoms with Crippen LogP contribution >= 0.6 is 0 Å². The van der Waals surface area contributed by atoms with Crippen molar-refractivity contribution in [1.29, 1.82) is 0 Å². The highest BCUT2D eigenvalue weighted by Crippen LogP contribution is 2.41. The lowest BCUT2D eigenvalue weighted by molar-refractivity contribution is 0.166. The number of rotatable bonds is 3. The largest absolute Gasteiger partial charge is 0.486 e. The van der Waals surface area contributed by atoms with Crippen LogP contribution in [0.5, 0.6) is 11.5 Å². The van der Waals surface area contributed by atoms with Crippen LogP contribution in [0.25, 0.3) is 0 Å². The van der Waals surface area contributed by atoms with Crippen molar-refractivity contribution in [1.82, 2.24) is 0 Å². The summed E-state index contributed by atoms with van der Waals surface area (Å²) in [4.78, 5) is 0.126. The van der Waals surface area contributed by atoms with Crippen LogP contribution in [-0.2, 0) is 9.84 Å². The highest BCUT2D eigenvalue weighted by Gasteiger charge is 2.27. The van der Waals surface area contributed by atoms with Crippen molar-refractivity contribution in [3.8, 4) is 11.5 Å². The smallest absolute Gasteiger partial charge is 0.180 e. The maximum absolute atomic E-state index is 11.9. The van der Waals surface area contributed by atoms with Gasteiger partial charge in [-0.1, -0.05) is 13.0 Å². The quantitative estimate of drug-likeness (QED) is 0.887. The van der Waals surface area contributed by atoms with Crippen LogP contribution in [0.15, 0.2) is 17.0 Å². The van der Waals surface area contributed by atoms with Crippen LogP contribution in [0.2, 0.25) is 0 Å². The van der Waals surface area contributed by atoms with Gasteiger partial charge in [-0.05, 0) is 11.6 Å². The van der Waals surface area contributed by atoms with Gasteiger partial charge in [0.2, 0.25) is 0 Å². The summed E-state index contributed by atoms with van der Waals surface area (Å²) in [7, 11) is -3.45. The molecule has 0 amide bonds. The SMILES string of the molecule is CC(CO)c1ccc2c(c1S(C)(=O)=O)OCCO2. The summed E-state index contributed by atoms with van der Waals surface area (Å²) in [6.07, 6.45) is 1.13. The molecule has 2 rings (SSSR count). The molecule has 1 unspecified atom stereocenters. The minimum atomic E-state index is -3.45. The molecule has 18 heavy (non-hydrogen) atoms. The molecule has 1 atom stereocenters. The van der Waals surface area contributed by atoms with E-state index in [1.165, 1.54) is 0 Å². The summed E-state index contributed by atoms with van der Waals surface area (Å²) < 4.78 is 34.7. The third-order valence-corrected chi connectivity index (χ3v) is 4.03. The van der Waals surface area contributed by atoms with Gasteiger partial charge in [0.1, 0.15) is 18.1 Å². The molecule has 1 aliphatic rings. The van der Waals surface area contributed by atoms with E-state index in [-0.39, 0.29) is 23.2 Å². The second-order valence-corrected chi connectivity index (χ2v) is 6.32. The Balaban J connectivity index is 2.69. The Hall–Kier alpha value is -1.27. The summed E-state index contributed by atoms with van der Waals surface area (Å²) in [5.74, 6) is 0.433. The van der Waals surface area contributed by atoms with E-state index < -0.39 is 9.84 Å². The first kappa shape index (κ1) is 13.2. The highest BCUT2D eigenvalue weighted by molar-refractivity contribution is 7.90. The molecule has 1 aromatic rings. The molecule has 0 aromatic heterocycles. The van der Waals surface area contributed by atoms with Crippen molar-refractivity contribution in [2.45, 2.75) is 17.7 Å². The monoisotopic (exact) mass is 272 g/mol. The van der Waals surface area contributed by atoms with Crippen LogP contribution in [0, 0.1) is 0 Å². The van der Waals surface area contributed by atoms with Crippen LogP contribution in [0.4, 0.5) is 0 Å². The molecule has 1 heterocycles. The molecule has 0 saturated carbocycles. The number of aliphatic hydroxyl groups excluding tert-OH is 1. The van der Waals surface area contributed by atoms with E-state index in [0.717, 1.165) is 6.26 Å². The van der Waals surface area contributed by atoms with Crippen LogP contribution in [0.3, 0.4) is 0 Å². The number of aliphatic hydroxyl groups is 1. The molecule has 1 aromatic carbocycles. The first-order valence-corrected chi connectivity index (χ1v) is 7.57. The standard InChI is InChI=1S/C12H16O5S/c1-8(7-13)9-3-4-10-11(17-6-5-16-10)12(9)18(2,14)15/h3-4,8,13H,5-7H2,1-2H3. The number of ether oxygens (including phenoxy) is 2. The molecule has 0 bridgehead atoms. The molecule has 0 radical (unpaired) electrons. The zero-order chi connectivity index (χ0) is 13.3. The van der Waals surface area contributed by atoms with E-state index in [2.05, 4.69) is 0 Å². The van der Waals surface area contributed by atoms with Gasteiger partial charge in [0, 0.05) is 18.8 Å². The summed E-state index contributed by atoms with van der Waals surface area (Å²) in [6, 6.07) is 3.36. The molecule has 1 N–H and O–H groups in total. The van der Waals surface area contributed by atoms with Crippen molar-refractivity contribution < 1.29 is 23.0 Å². The summed E-state index contributed by atoms with van der Waals surface area (Å²) in [6.45, 7) is 2.37. The lowest BCUT2D eigenvalue weighted by Gasteiger charge is -2.23. The predicted octanol–water partition coefficient (Wildman–Crippen LogP) is 0.957. The summed E-state index contributed by atoms with van der Waals surface area (Å²) in [5, 5.41) is 9.22. The third kappa shape index (κ3) is 2.30. The van der Waals surface area contributed by atoms with Gasteiger partial charge < -0.3 is 14.6 Å². The number of fused-ring (bicyclic) bond motifs is 1. The van der Waals surface area contributed by atoms with Gasteiger partial charge in [-0.25, -0.2) is 8.42 Å². The number of sulfone groups is 1. The minimum Gasteiger partial charge on any atom is -0.486 e. The van der Waals surface area contributed by atoms with Crippen molar-refractivity contribution in [2.24, 2.45) is 0 Å². The lowest BCUT2D eigenvalue weighted by Crippen LogP contribution is -2.19. The van der Waals surface area contributed by atoms with Gasteiger partial charge in [-0.15, -0.1) is 0 Å². The minimum absolute atomic E-state index is 0.123. The number of hydrogen-bond acceptors (Lipinski definition) is 5. The number of hydrogen-bond donors (Lipinski definition) is 1. The third-order valence-electron chi connectivity index (χ3n) is 2.87. The lowest BCUT2D eigenvalue weighted by atomic mass is 10.0. The van der Waals surface area contributed by atoms with E-state index in [1.807, 2.05) is 0 Å². The van der Waals surface area contributed by atoms with Gasteiger partial charge in [0.25, 0.3) is 0 Å². The Morgan fingerprint density at radius 1 is 1.33 bits per heavy atom. The predicted molar refractivity (Wildman–Crippen MR) is 66.0 cm³/mol. The highest BCUT2D eigenvalue weighted by atomic mass is 32.2. The van der Waals surface area contributed by atoms with Crippen molar-refractivity contribution in [2.75, 3.05) is 26.1 Å². The first-order chi connectivity index (χ1) is 8.45. The Bertz CT molecular complexity index is 550. The second kappa shape index (κ2) is 4.78. The molecule has 0 saturated heterocycles. The Morgan fingerprint density at radius 2 is 2.00 bits per heavy atom. The Morgan fingerprint density at radius 3 is 2.61 bits per heavy atom. The van der Waals surface area contributed by atoms with Crippen molar-refractivity contribution >= 4 is 9.84 Å². The van der Waals surface area contributed by atoms with E-state index in [1.54, 1.807) is 19.1 Å². The molecule has 100 valence electrons. The molecular weight excluding hydrogens is 256 g/mol. The summed E-state index contributed by atoms with van der Waals surface area (Å²) in [5.41, 5.74) is 0.559. The average molecular weight is 272 g/mol. The van der Waals surface area contributed by atoms with Gasteiger partial charge >= 0.3 is 0 Å². The van der Waals surface area contributed by atoms with Crippen molar-refractivity contribution in [3.63, 3.8) is 0 Å². The fourth-order valence-electron chi connectivity index (χ4n) is 1.97. The Kier molecular flexibility index (Phi) is 3.49. The maximum Gasteiger partial charge on any atom is 0.180 e. The van der Waals surface area contributed by atoms with Crippen molar-refractivity contribution in [3.05, 3.63) is 17.7 Å². The van der Waals surface area contributed by atoms with E-state index in [9.17, 15) is 13.5 Å². The molecule has 6 heteroatoms. The van der Waals surface area contributed by atoms with Crippen LogP contribution in [-0.4, -0.2) is 39.6 Å². The summed E-state index contributed by atoms with van der Waals surface area (Å²) >= 11 is 0. The molecule has 0 spiro atoms. The van der Waals surface area contributed by atoms with E-state index in [0.29, 0.717) is 24.5 Å². The fraction of sp³-hybridized carbons (Fsp3) is 0.500. The molecular formula is C12H16O5S. The molecule has 5 nitrogen and oxygen atoms in total. The molecule has 0 aliphatic carbocycles. The van der Waals surface area contributed by atoms with Gasteiger partial charge in [0.05, 0.1) is 0 Å². The zero-order valence-corrected chi connectivity index (χ0v) is 11.2.